The van der Waals surface area contributed by atoms with Crippen LogP contribution in [-0.4, -0.2) is 55.6 Å². The lowest BCUT2D eigenvalue weighted by Crippen LogP contribution is -2.49. The van der Waals surface area contributed by atoms with E-state index in [9.17, 15) is 4.79 Å². The van der Waals surface area contributed by atoms with Crippen LogP contribution in [-0.2, 0) is 0 Å². The second kappa shape index (κ2) is 5.35. The lowest BCUT2D eigenvalue weighted by molar-refractivity contribution is 0.0822. The summed E-state index contributed by atoms with van der Waals surface area (Å²) in [7, 11) is 3.48. The highest BCUT2D eigenvalue weighted by Gasteiger charge is 2.17. The van der Waals surface area contributed by atoms with Crippen LogP contribution < -0.4 is 10.2 Å². The van der Waals surface area contributed by atoms with Crippen LogP contribution in [0.5, 0.6) is 0 Å². The summed E-state index contributed by atoms with van der Waals surface area (Å²) in [5, 5.41) is 3.40. The Bertz CT molecular complexity index is 433. The minimum atomic E-state index is -0.0555. The van der Waals surface area contributed by atoms with Crippen molar-refractivity contribution in [1.29, 1.82) is 0 Å². The number of nitrogens with one attached hydrogen (secondary N) is 1. The maximum Gasteiger partial charge on any atom is 0.272 e. The summed E-state index contributed by atoms with van der Waals surface area (Å²) in [6, 6.07) is 4.31. The van der Waals surface area contributed by atoms with Crippen molar-refractivity contribution < 1.29 is 4.79 Å². The number of carbonyl (C=O) groups is 1. The van der Waals surface area contributed by atoms with E-state index in [1.54, 1.807) is 25.2 Å². The molecule has 98 valence electrons. The van der Waals surface area contributed by atoms with Gasteiger partial charge in [-0.2, -0.15) is 0 Å². The molecule has 5 heteroatoms. The Morgan fingerprint density at radius 1 is 1.56 bits per heavy atom. The predicted octanol–water partition coefficient (Wildman–Crippen LogP) is 0.582. The van der Waals surface area contributed by atoms with Gasteiger partial charge in [-0.05, 0) is 19.1 Å². The van der Waals surface area contributed by atoms with Crippen molar-refractivity contribution in [3.63, 3.8) is 0 Å². The van der Waals surface area contributed by atoms with Gasteiger partial charge in [0.2, 0.25) is 0 Å². The lowest BCUT2D eigenvalue weighted by Gasteiger charge is -2.33. The van der Waals surface area contributed by atoms with Gasteiger partial charge < -0.3 is 15.1 Å². The van der Waals surface area contributed by atoms with Gasteiger partial charge in [0.25, 0.3) is 5.91 Å². The van der Waals surface area contributed by atoms with Crippen LogP contribution in [0.4, 0.5) is 5.69 Å². The Morgan fingerprint density at radius 3 is 3.00 bits per heavy atom. The first-order valence-corrected chi connectivity index (χ1v) is 6.24. The molecular weight excluding hydrogens is 228 g/mol. The van der Waals surface area contributed by atoms with Gasteiger partial charge in [-0.15, -0.1) is 0 Å². The largest absolute Gasteiger partial charge is 0.369 e. The maximum atomic E-state index is 11.9. The topological polar surface area (TPSA) is 48.5 Å². The average Bonchev–Trinajstić information content (AvgIpc) is 2.38. The van der Waals surface area contributed by atoms with Crippen molar-refractivity contribution >= 4 is 11.6 Å². The molecule has 1 N–H and O–H groups in total. The van der Waals surface area contributed by atoms with E-state index in [1.807, 2.05) is 12.1 Å². The number of piperazine rings is 1. The summed E-state index contributed by atoms with van der Waals surface area (Å²) < 4.78 is 0. The SMILES string of the molecule is C[C@H]1CN(c2ccnc(C(=O)N(C)C)c2)CCN1. The first-order valence-electron chi connectivity index (χ1n) is 6.24. The van der Waals surface area contributed by atoms with Gasteiger partial charge >= 0.3 is 0 Å². The lowest BCUT2D eigenvalue weighted by atomic mass is 10.2. The molecule has 0 unspecified atom stereocenters. The smallest absolute Gasteiger partial charge is 0.272 e. The first-order chi connectivity index (χ1) is 8.58. The molecule has 1 fully saturated rings. The van der Waals surface area contributed by atoms with Crippen molar-refractivity contribution in [1.82, 2.24) is 15.2 Å². The minimum absolute atomic E-state index is 0.0555. The maximum absolute atomic E-state index is 11.9. The molecule has 1 aliphatic rings. The van der Waals surface area contributed by atoms with Crippen LogP contribution in [0.1, 0.15) is 17.4 Å². The molecule has 0 radical (unpaired) electrons. The third-order valence-corrected chi connectivity index (χ3v) is 3.10. The highest BCUT2D eigenvalue weighted by molar-refractivity contribution is 5.92. The molecular formula is C13H20N4O. The monoisotopic (exact) mass is 248 g/mol. The fourth-order valence-electron chi connectivity index (χ4n) is 2.13. The van der Waals surface area contributed by atoms with Gasteiger partial charge in [0.15, 0.2) is 0 Å². The number of hydrogen-bond acceptors (Lipinski definition) is 4. The Labute approximate surface area is 108 Å². The number of amides is 1. The van der Waals surface area contributed by atoms with E-state index in [4.69, 9.17) is 0 Å². The Hall–Kier alpha value is -1.62. The van der Waals surface area contributed by atoms with E-state index >= 15 is 0 Å². The predicted molar refractivity (Wildman–Crippen MR) is 71.9 cm³/mol. The number of carbonyl (C=O) groups excluding carboxylic acids is 1. The summed E-state index contributed by atoms with van der Waals surface area (Å²) in [5.41, 5.74) is 1.58. The quantitative estimate of drug-likeness (QED) is 0.832. The molecule has 1 amide bonds. The third-order valence-electron chi connectivity index (χ3n) is 3.10. The average molecular weight is 248 g/mol. The molecule has 1 aromatic rings. The zero-order valence-electron chi connectivity index (χ0n) is 11.2. The summed E-state index contributed by atoms with van der Waals surface area (Å²) in [6.45, 7) is 5.06. The number of aromatic nitrogens is 1. The second-order valence-electron chi connectivity index (χ2n) is 4.90. The van der Waals surface area contributed by atoms with E-state index < -0.39 is 0 Å². The molecule has 1 aliphatic heterocycles. The zero-order chi connectivity index (χ0) is 13.1. The molecule has 2 heterocycles. The summed E-state index contributed by atoms with van der Waals surface area (Å²) in [5.74, 6) is -0.0555. The molecule has 0 saturated carbocycles. The van der Waals surface area contributed by atoms with Crippen molar-refractivity contribution in [3.05, 3.63) is 24.0 Å². The molecule has 0 spiro atoms. The van der Waals surface area contributed by atoms with E-state index in [1.165, 1.54) is 0 Å². The van der Waals surface area contributed by atoms with Crippen molar-refractivity contribution in [3.8, 4) is 0 Å². The third kappa shape index (κ3) is 2.79. The highest BCUT2D eigenvalue weighted by atomic mass is 16.2. The highest BCUT2D eigenvalue weighted by Crippen LogP contribution is 2.16. The Morgan fingerprint density at radius 2 is 2.33 bits per heavy atom. The number of rotatable bonds is 2. The van der Waals surface area contributed by atoms with Crippen LogP contribution in [0, 0.1) is 0 Å². The molecule has 5 nitrogen and oxygen atoms in total. The first kappa shape index (κ1) is 12.8. The van der Waals surface area contributed by atoms with Crippen molar-refractivity contribution in [2.24, 2.45) is 0 Å². The molecule has 0 aromatic carbocycles. The van der Waals surface area contributed by atoms with Gasteiger partial charge in [0.05, 0.1) is 0 Å². The van der Waals surface area contributed by atoms with Gasteiger partial charge in [-0.1, -0.05) is 0 Å². The van der Waals surface area contributed by atoms with Crippen LogP contribution in [0.2, 0.25) is 0 Å². The molecule has 1 aromatic heterocycles. The van der Waals surface area contributed by atoms with Crippen LogP contribution in [0.15, 0.2) is 18.3 Å². The van der Waals surface area contributed by atoms with Crippen LogP contribution in [0.3, 0.4) is 0 Å². The molecule has 0 bridgehead atoms. The fourth-order valence-corrected chi connectivity index (χ4v) is 2.13. The number of anilines is 1. The Kier molecular flexibility index (Phi) is 3.81. The number of pyridine rings is 1. The molecule has 1 saturated heterocycles. The van der Waals surface area contributed by atoms with Crippen LogP contribution in [0.25, 0.3) is 0 Å². The van der Waals surface area contributed by atoms with Gasteiger partial charge in [-0.3, -0.25) is 9.78 Å². The summed E-state index contributed by atoms with van der Waals surface area (Å²) >= 11 is 0. The van der Waals surface area contributed by atoms with Crippen molar-refractivity contribution in [2.75, 3.05) is 38.6 Å². The standard InChI is InChI=1S/C13H20N4O/c1-10-9-17(7-6-14-10)11-4-5-15-12(8-11)13(18)16(2)3/h4-5,8,10,14H,6-7,9H2,1-3H3/t10-/m0/s1. The van der Waals surface area contributed by atoms with Gasteiger partial charge in [0.1, 0.15) is 5.69 Å². The Balaban J connectivity index is 2.19. The fraction of sp³-hybridized carbons (Fsp3) is 0.538. The zero-order valence-corrected chi connectivity index (χ0v) is 11.2. The van der Waals surface area contributed by atoms with E-state index in [0.29, 0.717) is 11.7 Å². The number of nitrogens with zero attached hydrogens (tertiary/aromatic N) is 3. The molecule has 18 heavy (non-hydrogen) atoms. The summed E-state index contributed by atoms with van der Waals surface area (Å²) in [6.07, 6.45) is 1.71. The van der Waals surface area contributed by atoms with E-state index in [-0.39, 0.29) is 5.91 Å². The van der Waals surface area contributed by atoms with Gasteiger partial charge in [-0.25, -0.2) is 0 Å². The second-order valence-corrected chi connectivity index (χ2v) is 4.90. The van der Waals surface area contributed by atoms with Crippen molar-refractivity contribution in [2.45, 2.75) is 13.0 Å². The van der Waals surface area contributed by atoms with Gasteiger partial charge in [0, 0.05) is 51.7 Å². The normalized spacial score (nSPS) is 19.7. The molecule has 2 rings (SSSR count). The molecule has 1 atom stereocenters. The minimum Gasteiger partial charge on any atom is -0.369 e. The number of hydrogen-bond donors (Lipinski definition) is 1. The van der Waals surface area contributed by atoms with Crippen LogP contribution >= 0.6 is 0 Å². The molecule has 0 aliphatic carbocycles. The summed E-state index contributed by atoms with van der Waals surface area (Å²) in [4.78, 5) is 19.9. The van der Waals surface area contributed by atoms with E-state index in [0.717, 1.165) is 25.3 Å². The van der Waals surface area contributed by atoms with E-state index in [2.05, 4.69) is 22.1 Å².